The van der Waals surface area contributed by atoms with Crippen LogP contribution in [0.4, 0.5) is 0 Å². The van der Waals surface area contributed by atoms with Gasteiger partial charge in [-0.3, -0.25) is 0 Å². The molecular formula is C110H217N27O9. The molecule has 36 nitrogen and oxygen atoms in total. The predicted octanol–water partition coefficient (Wildman–Crippen LogP) is 25.6. The molecule has 0 radical (unpaired) electrons. The van der Waals surface area contributed by atoms with Gasteiger partial charge < -0.3 is 91.4 Å². The van der Waals surface area contributed by atoms with Crippen LogP contribution in [-0.4, -0.2) is 216 Å². The number of amidine groups is 9. The zero-order valence-electron chi connectivity index (χ0n) is 101. The molecule has 146 heavy (non-hydrogen) atoms. The van der Waals surface area contributed by atoms with E-state index in [0.29, 0.717) is 84.2 Å². The minimum Gasteiger partial charge on any atom is -0.336 e. The quantitative estimate of drug-likeness (QED) is 0.0207. The molecule has 0 aromatic heterocycles. The van der Waals surface area contributed by atoms with Gasteiger partial charge in [-0.05, 0) is 327 Å². The molecule has 0 aliphatic heterocycles. The Morgan fingerprint density at radius 2 is 0.534 bits per heavy atom. The molecule has 2 aromatic rings. The van der Waals surface area contributed by atoms with Crippen molar-refractivity contribution in [2.75, 3.05) is 28.2 Å². The summed E-state index contributed by atoms with van der Waals surface area (Å²) in [6, 6.07) is 26.1. The highest BCUT2D eigenvalue weighted by atomic mass is 16.7. The van der Waals surface area contributed by atoms with E-state index in [2.05, 4.69) is 243 Å². The first-order valence-corrected chi connectivity index (χ1v) is 51.1. The molecule has 0 heterocycles. The predicted molar refractivity (Wildman–Crippen MR) is 636 cm³/mol. The monoisotopic (exact) mass is 2060 g/mol. The van der Waals surface area contributed by atoms with Crippen LogP contribution in [0.1, 0.15) is 424 Å². The number of nitrogens with zero attached hydrogens (tertiary/aromatic N) is 18. The van der Waals surface area contributed by atoms with Crippen LogP contribution in [0.5, 0.6) is 0 Å². The molecule has 0 spiro atoms. The Kier molecular flexibility index (Phi) is 89.8. The molecule has 0 atom stereocenters. The minimum atomic E-state index is -0.275. The lowest BCUT2D eigenvalue weighted by Gasteiger charge is -2.23. The van der Waals surface area contributed by atoms with Crippen molar-refractivity contribution in [2.24, 2.45) is 103 Å². The van der Waals surface area contributed by atoms with Crippen molar-refractivity contribution in [2.45, 2.75) is 494 Å². The largest absolute Gasteiger partial charge is 0.336 e. The molecule has 0 aliphatic carbocycles. The molecule has 2 rings (SSSR count). The molecule has 2 aromatic carbocycles. The number of rotatable bonds is 29. The number of oxime groups is 9. The van der Waals surface area contributed by atoms with Gasteiger partial charge in [-0.15, -0.1) is 0 Å². The van der Waals surface area contributed by atoms with Gasteiger partial charge in [0.2, 0.25) is 0 Å². The van der Waals surface area contributed by atoms with Crippen LogP contribution in [0.25, 0.3) is 0 Å². The second-order valence-electron chi connectivity index (χ2n) is 42.8. The molecule has 0 amide bonds. The van der Waals surface area contributed by atoms with Crippen molar-refractivity contribution in [1.29, 1.82) is 0 Å². The van der Waals surface area contributed by atoms with Crippen LogP contribution in [0.2, 0.25) is 0 Å². The average Bonchev–Trinajstić information content (AvgIpc) is 0.840. The highest BCUT2D eigenvalue weighted by Crippen LogP contribution is 2.16. The number of hydrogen-bond acceptors (Lipinski definition) is 27. The van der Waals surface area contributed by atoms with Gasteiger partial charge in [0.05, 0.1) is 45.5 Å². The minimum absolute atomic E-state index is 0. The number of benzene rings is 2. The number of hydrogen-bond donors (Lipinski definition) is 9. The molecule has 0 unspecified atom stereocenters. The summed E-state index contributed by atoms with van der Waals surface area (Å²) in [6.45, 7) is 105. The summed E-state index contributed by atoms with van der Waals surface area (Å²) in [5.74, 6) is 0.755. The first-order chi connectivity index (χ1) is 66.4. The number of aliphatic imine (C=N–C) groups is 9. The van der Waals surface area contributed by atoms with E-state index >= 15 is 0 Å². The van der Waals surface area contributed by atoms with Gasteiger partial charge in [0.1, 0.15) is 5.71 Å². The fraction of sp³-hybridized carbons (Fsp3) is 0.727. The molecule has 846 valence electrons. The van der Waals surface area contributed by atoms with Gasteiger partial charge in [-0.1, -0.05) is 204 Å². The summed E-state index contributed by atoms with van der Waals surface area (Å²) in [5.41, 5.74) is 8.83. The third kappa shape index (κ3) is 106. The van der Waals surface area contributed by atoms with E-state index in [-0.39, 0.29) is 78.3 Å². The van der Waals surface area contributed by atoms with Crippen LogP contribution in [0.15, 0.2) is 152 Å². The lowest BCUT2D eigenvalue weighted by atomic mass is 9.98. The van der Waals surface area contributed by atoms with Crippen LogP contribution >= 0.6 is 0 Å². The summed E-state index contributed by atoms with van der Waals surface area (Å²) >= 11 is 0. The highest BCUT2D eigenvalue weighted by molar-refractivity contribution is 6.12. The molecule has 0 saturated heterocycles. The Morgan fingerprint density at radius 3 is 0.753 bits per heavy atom. The smallest absolute Gasteiger partial charge is 0.315 e. The van der Waals surface area contributed by atoms with E-state index in [1.54, 1.807) is 28.2 Å². The second-order valence-corrected chi connectivity index (χ2v) is 42.8. The molecular weight excluding hydrogens is 1840 g/mol. The van der Waals surface area contributed by atoms with Crippen LogP contribution < -0.4 is 47.9 Å². The molecule has 0 aliphatic rings. The maximum atomic E-state index is 5.79. The SMILES string of the molecule is C.C.C=NOC(=NC(C)C)NC(C)C.CC(C)(C)N=C(NC(C)(C)C)ON=C(c1ccccc1)c1ccccc1.CC/C(C)=N\OC(=NC(C)C)NC(C)C.CC/C(C)=N\OC(=NC)NC(C)(C)C.CCC(CC)=NOC(=NC(C)C)NC(C)C.CCC/C(C)=N\OC(=NC(C)C)NC(C)C.CCC/C(C)=N\OC(=NC)NC(C)(C)C.CN=C(NC(C)(C)C)ON=C(C(C)C)C(C)C.CN=C(NC(C)(C)C)ON=C(C)C. The van der Waals surface area contributed by atoms with E-state index in [4.69, 9.17) is 43.5 Å². The zero-order chi connectivity index (χ0) is 113. The van der Waals surface area contributed by atoms with Crippen molar-refractivity contribution in [3.8, 4) is 0 Å². The zero-order valence-corrected chi connectivity index (χ0v) is 101. The summed E-state index contributed by atoms with van der Waals surface area (Å²) in [4.78, 5) is 84.9. The Balaban J connectivity index is -0.000000208. The van der Waals surface area contributed by atoms with Gasteiger partial charge in [0.25, 0.3) is 0 Å². The lowest BCUT2D eigenvalue weighted by Crippen LogP contribution is -2.42. The fourth-order valence-corrected chi connectivity index (χ4v) is 9.37. The number of nitrogens with one attached hydrogen (secondary N) is 9. The summed E-state index contributed by atoms with van der Waals surface area (Å²) in [7, 11) is 6.70. The van der Waals surface area contributed by atoms with Crippen molar-refractivity contribution >= 4 is 107 Å². The Morgan fingerprint density at radius 1 is 0.295 bits per heavy atom. The Labute approximate surface area is 890 Å². The molecule has 36 heteroatoms. The van der Waals surface area contributed by atoms with Crippen molar-refractivity contribution in [3.05, 3.63) is 71.8 Å². The van der Waals surface area contributed by atoms with Gasteiger partial charge in [0, 0.05) is 122 Å². The van der Waals surface area contributed by atoms with Gasteiger partial charge >= 0.3 is 54.2 Å². The van der Waals surface area contributed by atoms with Crippen LogP contribution in [-0.2, 0) is 43.5 Å². The van der Waals surface area contributed by atoms with E-state index in [9.17, 15) is 0 Å². The summed E-state index contributed by atoms with van der Waals surface area (Å²) in [6.07, 6.45) is 7.64. The van der Waals surface area contributed by atoms with E-state index in [0.717, 1.165) is 108 Å². The molecule has 9 N–H and O–H groups in total. The van der Waals surface area contributed by atoms with Crippen molar-refractivity contribution < 1.29 is 43.5 Å². The lowest BCUT2D eigenvalue weighted by molar-refractivity contribution is 0.286. The molecule has 0 saturated carbocycles. The topological polar surface area (TPSA) is 414 Å². The van der Waals surface area contributed by atoms with Crippen molar-refractivity contribution in [1.82, 2.24) is 47.9 Å². The van der Waals surface area contributed by atoms with E-state index < -0.39 is 0 Å². The highest BCUT2D eigenvalue weighted by Gasteiger charge is 2.22. The first kappa shape index (κ1) is 153. The van der Waals surface area contributed by atoms with Crippen LogP contribution in [0, 0.1) is 11.8 Å². The van der Waals surface area contributed by atoms with E-state index in [1.165, 1.54) is 0 Å². The summed E-state index contributed by atoms with van der Waals surface area (Å²) < 4.78 is 0. The fourth-order valence-electron chi connectivity index (χ4n) is 9.37. The molecule has 0 bridgehead atoms. The van der Waals surface area contributed by atoms with E-state index in [1.807, 2.05) is 310 Å². The van der Waals surface area contributed by atoms with Gasteiger partial charge in [-0.2, -0.15) is 0 Å². The average molecular weight is 2060 g/mol. The Bertz CT molecular complexity index is 4180. The third-order valence-electron chi connectivity index (χ3n) is 15.5. The first-order valence-electron chi connectivity index (χ1n) is 51.1. The van der Waals surface area contributed by atoms with Gasteiger partial charge in [0.15, 0.2) is 0 Å². The summed E-state index contributed by atoms with van der Waals surface area (Å²) in [5, 5.41) is 63.9. The van der Waals surface area contributed by atoms with Crippen molar-refractivity contribution in [3.63, 3.8) is 0 Å². The van der Waals surface area contributed by atoms with Gasteiger partial charge in [-0.25, -0.2) is 44.9 Å². The second kappa shape index (κ2) is 85.9. The standard InChI is InChI=1S/C22H29N3O.C13H27N3O.2C12H25N3O.2C11H23N3O.C10H21N3O.C9H19N3O.C8H17N3O.2CH4/c1-21(2,3)23-20(24-22(4,5)6)26-25-19(17-13-9-7-10-14-17)18-15-11-8-12-16-18;1-9(2)11(10(3)4)16-17-12(14-8)15-13(5,6)7;1-7-8-11(6)15-16-12(13-9(2)3)14-10(4)5;1-7-11(8-2)15-16-12(13-9(3)4)14-10(5)6;1-7-8-9(2)14-15-10(12-6)13-11(3,4)5;1-7-10(6)14-15-11(12-8(2)3)13-9(4)5;1-7-8(2)13-14-9(11-6)12-10(3,4)5;1-7(2)12-13-8(10-6)11-9(3,4)5;1-6(2)10-8(12-9-5)11-7(3)4;;/h7-16H,1-6H3,(H,23,24);9-10H,1-8H3,(H,14,15);2*9-10H,7-8H2,1-6H3,(H,13,14);7-8H2,1-6H3,(H,12,13);8-9H,7H2,1-6H3,(H,12,13);7H2,1-6H3,(H,11,12);1-6H3,(H,10,11);6-7H,5H2,1-4H3,(H,10,11);2*1H4/b;;15-11-;;14-9-;14-10-;13-8-;;;;. The maximum Gasteiger partial charge on any atom is 0.315 e. The van der Waals surface area contributed by atoms with Crippen LogP contribution in [0.3, 0.4) is 0 Å². The Hall–Kier alpha value is -11.1. The molecule has 0 fully saturated rings. The normalized spacial score (nSPS) is 12.8. The maximum absolute atomic E-state index is 5.79. The third-order valence-corrected chi connectivity index (χ3v) is 15.5.